The molecular formula is C23H27NO4. The van der Waals surface area contributed by atoms with Crippen LogP contribution in [0, 0.1) is 0 Å². The van der Waals surface area contributed by atoms with Gasteiger partial charge in [-0.1, -0.05) is 31.5 Å². The number of hydrogen-bond donors (Lipinski definition) is 1. The van der Waals surface area contributed by atoms with E-state index < -0.39 is 0 Å². The molecule has 0 saturated carbocycles. The Kier molecular flexibility index (Phi) is 6.71. The van der Waals surface area contributed by atoms with Crippen LogP contribution < -0.4 is 10.3 Å². The summed E-state index contributed by atoms with van der Waals surface area (Å²) in [5.74, 6) is 0.885. The number of hydrogen-bond acceptors (Lipinski definition) is 4. The lowest BCUT2D eigenvalue weighted by Gasteiger charge is -2.17. The Hall–Kier alpha value is -2.79. The first kappa shape index (κ1) is 20.0. The number of rotatable bonds is 9. The normalized spacial score (nSPS) is 12.2. The monoisotopic (exact) mass is 381 g/mol. The van der Waals surface area contributed by atoms with Crippen LogP contribution in [0.2, 0.25) is 0 Å². The fourth-order valence-electron chi connectivity index (χ4n) is 3.17. The molecule has 0 saturated heterocycles. The standard InChI is InChI=1S/C23H27NO4/c1-3-4-5-22(27-2)28-20-11-8-18-13-15-24(23(26)21(18)16-20)14-12-17-6-9-19(25)10-7-17/h6-11,13,15-16,22,25H,3-5,12,14H2,1-2H3. The Morgan fingerprint density at radius 2 is 1.89 bits per heavy atom. The number of pyridine rings is 1. The summed E-state index contributed by atoms with van der Waals surface area (Å²) in [6.45, 7) is 2.70. The summed E-state index contributed by atoms with van der Waals surface area (Å²) in [4.78, 5) is 12.9. The van der Waals surface area contributed by atoms with E-state index in [0.717, 1.165) is 30.2 Å². The first-order chi connectivity index (χ1) is 13.6. The summed E-state index contributed by atoms with van der Waals surface area (Å²) in [5, 5.41) is 10.9. The van der Waals surface area contributed by atoms with Crippen LogP contribution in [0.5, 0.6) is 11.5 Å². The Labute approximate surface area is 165 Å². The van der Waals surface area contributed by atoms with E-state index in [1.165, 1.54) is 0 Å². The molecule has 3 rings (SSSR count). The van der Waals surface area contributed by atoms with E-state index in [1.807, 2.05) is 36.5 Å². The minimum atomic E-state index is -0.308. The van der Waals surface area contributed by atoms with Gasteiger partial charge in [-0.2, -0.15) is 0 Å². The van der Waals surface area contributed by atoms with Crippen LogP contribution in [0.4, 0.5) is 0 Å². The highest BCUT2D eigenvalue weighted by Crippen LogP contribution is 2.21. The van der Waals surface area contributed by atoms with E-state index in [0.29, 0.717) is 24.1 Å². The average molecular weight is 381 g/mol. The van der Waals surface area contributed by atoms with Crippen LogP contribution in [0.25, 0.3) is 10.8 Å². The van der Waals surface area contributed by atoms with Crippen LogP contribution >= 0.6 is 0 Å². The summed E-state index contributed by atoms with van der Waals surface area (Å²) in [7, 11) is 1.64. The predicted octanol–water partition coefficient (Wildman–Crippen LogP) is 4.49. The molecule has 1 N–H and O–H groups in total. The molecule has 3 aromatic rings. The van der Waals surface area contributed by atoms with E-state index in [4.69, 9.17) is 9.47 Å². The lowest BCUT2D eigenvalue weighted by atomic mass is 10.1. The zero-order chi connectivity index (χ0) is 19.9. The summed E-state index contributed by atoms with van der Waals surface area (Å²) in [5.41, 5.74) is 1.03. The van der Waals surface area contributed by atoms with Gasteiger partial charge in [-0.15, -0.1) is 0 Å². The van der Waals surface area contributed by atoms with Gasteiger partial charge in [-0.05, 0) is 54.1 Å². The zero-order valence-corrected chi connectivity index (χ0v) is 16.4. The molecule has 148 valence electrons. The third-order valence-corrected chi connectivity index (χ3v) is 4.85. The van der Waals surface area contributed by atoms with E-state index in [9.17, 15) is 9.90 Å². The van der Waals surface area contributed by atoms with E-state index in [1.54, 1.807) is 29.9 Å². The molecule has 1 unspecified atom stereocenters. The van der Waals surface area contributed by atoms with Crippen molar-refractivity contribution in [1.29, 1.82) is 0 Å². The molecule has 2 aromatic carbocycles. The highest BCUT2D eigenvalue weighted by molar-refractivity contribution is 5.82. The number of unbranched alkanes of at least 4 members (excludes halogenated alkanes) is 1. The van der Waals surface area contributed by atoms with Crippen LogP contribution in [-0.2, 0) is 17.7 Å². The third-order valence-electron chi connectivity index (χ3n) is 4.85. The minimum absolute atomic E-state index is 0.0377. The van der Waals surface area contributed by atoms with Crippen molar-refractivity contribution in [3.8, 4) is 11.5 Å². The van der Waals surface area contributed by atoms with Crippen LogP contribution in [0.15, 0.2) is 59.5 Å². The van der Waals surface area contributed by atoms with Crippen LogP contribution in [-0.4, -0.2) is 23.1 Å². The summed E-state index contributed by atoms with van der Waals surface area (Å²) in [6.07, 6.45) is 5.15. The molecule has 28 heavy (non-hydrogen) atoms. The molecule has 0 bridgehead atoms. The van der Waals surface area contributed by atoms with Crippen molar-refractivity contribution in [2.75, 3.05) is 7.11 Å². The van der Waals surface area contributed by atoms with E-state index in [-0.39, 0.29) is 17.6 Å². The molecule has 0 fully saturated rings. The molecule has 1 heterocycles. The fraction of sp³-hybridized carbons (Fsp3) is 0.348. The maximum atomic E-state index is 12.9. The zero-order valence-electron chi connectivity index (χ0n) is 16.4. The summed E-state index contributed by atoms with van der Waals surface area (Å²) < 4.78 is 13.0. The topological polar surface area (TPSA) is 60.7 Å². The van der Waals surface area contributed by atoms with Crippen molar-refractivity contribution in [3.05, 3.63) is 70.6 Å². The highest BCUT2D eigenvalue weighted by Gasteiger charge is 2.10. The first-order valence-corrected chi connectivity index (χ1v) is 9.71. The molecule has 5 heteroatoms. The van der Waals surface area contributed by atoms with Gasteiger partial charge in [0.2, 0.25) is 0 Å². The largest absolute Gasteiger partial charge is 0.508 e. The van der Waals surface area contributed by atoms with Crippen molar-refractivity contribution in [1.82, 2.24) is 4.57 Å². The van der Waals surface area contributed by atoms with Gasteiger partial charge in [0.25, 0.3) is 5.56 Å². The number of aromatic hydroxyl groups is 1. The van der Waals surface area contributed by atoms with Gasteiger partial charge in [0.15, 0.2) is 6.29 Å². The van der Waals surface area contributed by atoms with Crippen LogP contribution in [0.3, 0.4) is 0 Å². The number of aryl methyl sites for hydroxylation is 2. The number of benzene rings is 2. The molecule has 0 radical (unpaired) electrons. The average Bonchev–Trinajstić information content (AvgIpc) is 2.72. The quantitative estimate of drug-likeness (QED) is 0.555. The van der Waals surface area contributed by atoms with Gasteiger partial charge in [-0.3, -0.25) is 4.79 Å². The molecule has 0 aliphatic heterocycles. The second kappa shape index (κ2) is 9.42. The second-order valence-electron chi connectivity index (χ2n) is 6.91. The smallest absolute Gasteiger partial charge is 0.258 e. The Morgan fingerprint density at radius 1 is 1.11 bits per heavy atom. The Balaban J connectivity index is 1.79. The minimum Gasteiger partial charge on any atom is -0.508 e. The van der Waals surface area contributed by atoms with Crippen molar-refractivity contribution in [2.45, 2.75) is 45.4 Å². The number of ether oxygens (including phenoxy) is 2. The number of phenols is 1. The molecule has 0 aliphatic carbocycles. The van der Waals surface area contributed by atoms with Gasteiger partial charge in [0, 0.05) is 26.3 Å². The highest BCUT2D eigenvalue weighted by atomic mass is 16.7. The number of fused-ring (bicyclic) bond motifs is 1. The number of phenolic OH excluding ortho intramolecular Hbond substituents is 1. The number of methoxy groups -OCH3 is 1. The SMILES string of the molecule is CCCCC(OC)Oc1ccc2ccn(CCc3ccc(O)cc3)c(=O)c2c1. The van der Waals surface area contributed by atoms with Gasteiger partial charge in [0.05, 0.1) is 5.39 Å². The second-order valence-corrected chi connectivity index (χ2v) is 6.91. The lowest BCUT2D eigenvalue weighted by Crippen LogP contribution is -2.21. The van der Waals surface area contributed by atoms with Crippen molar-refractivity contribution >= 4 is 10.8 Å². The van der Waals surface area contributed by atoms with Gasteiger partial charge >= 0.3 is 0 Å². The fourth-order valence-corrected chi connectivity index (χ4v) is 3.17. The van der Waals surface area contributed by atoms with Crippen LogP contribution in [0.1, 0.15) is 31.7 Å². The maximum absolute atomic E-state index is 12.9. The van der Waals surface area contributed by atoms with Gasteiger partial charge in [-0.25, -0.2) is 0 Å². The number of nitrogens with zero attached hydrogens (tertiary/aromatic N) is 1. The molecule has 1 aromatic heterocycles. The molecule has 0 amide bonds. The number of aromatic nitrogens is 1. The lowest BCUT2D eigenvalue weighted by molar-refractivity contribution is -0.0591. The summed E-state index contributed by atoms with van der Waals surface area (Å²) >= 11 is 0. The van der Waals surface area contributed by atoms with Crippen molar-refractivity contribution in [2.24, 2.45) is 0 Å². The van der Waals surface area contributed by atoms with E-state index >= 15 is 0 Å². The molecular weight excluding hydrogens is 354 g/mol. The van der Waals surface area contributed by atoms with E-state index in [2.05, 4.69) is 6.92 Å². The Morgan fingerprint density at radius 3 is 2.61 bits per heavy atom. The third kappa shape index (κ3) is 4.93. The van der Waals surface area contributed by atoms with Crippen molar-refractivity contribution < 1.29 is 14.6 Å². The first-order valence-electron chi connectivity index (χ1n) is 9.71. The molecule has 1 atom stereocenters. The summed E-state index contributed by atoms with van der Waals surface area (Å²) in [6, 6.07) is 14.6. The Bertz CT molecular complexity index is 962. The van der Waals surface area contributed by atoms with Crippen molar-refractivity contribution in [3.63, 3.8) is 0 Å². The molecule has 5 nitrogen and oxygen atoms in total. The van der Waals surface area contributed by atoms with Gasteiger partial charge < -0.3 is 19.1 Å². The molecule has 0 aliphatic rings. The predicted molar refractivity (Wildman–Crippen MR) is 111 cm³/mol. The molecule has 0 spiro atoms. The maximum Gasteiger partial charge on any atom is 0.258 e. The van der Waals surface area contributed by atoms with Gasteiger partial charge in [0.1, 0.15) is 11.5 Å².